The van der Waals surface area contributed by atoms with E-state index in [0.29, 0.717) is 15.6 Å². The van der Waals surface area contributed by atoms with Gasteiger partial charge in [0.25, 0.3) is 0 Å². The van der Waals surface area contributed by atoms with Gasteiger partial charge in [0, 0.05) is 9.91 Å². The van der Waals surface area contributed by atoms with E-state index >= 15 is 0 Å². The summed E-state index contributed by atoms with van der Waals surface area (Å²) in [7, 11) is 0. The second-order valence-corrected chi connectivity index (χ2v) is 7.40. The molecule has 2 N–H and O–H groups in total. The Hall–Kier alpha value is -1.84. The van der Waals surface area contributed by atoms with Crippen LogP contribution >= 0.6 is 22.9 Å². The zero-order valence-corrected chi connectivity index (χ0v) is 13.8. The highest BCUT2D eigenvalue weighted by Gasteiger charge is 2.37. The molecule has 0 aromatic carbocycles. The number of carbonyl (C=O) groups is 2. The van der Waals surface area contributed by atoms with Gasteiger partial charge in [0.1, 0.15) is 11.1 Å². The molecule has 1 aromatic rings. The first-order chi connectivity index (χ1) is 11.0. The van der Waals surface area contributed by atoms with Crippen molar-refractivity contribution in [2.75, 3.05) is 5.32 Å². The number of carboxylic acids is 1. The van der Waals surface area contributed by atoms with E-state index in [0.717, 1.165) is 29.7 Å². The van der Waals surface area contributed by atoms with E-state index in [1.807, 2.05) is 0 Å². The molecule has 2 atom stereocenters. The van der Waals surface area contributed by atoms with Crippen LogP contribution in [0.2, 0.25) is 0 Å². The van der Waals surface area contributed by atoms with Crippen molar-refractivity contribution in [1.29, 1.82) is 5.26 Å². The van der Waals surface area contributed by atoms with Crippen LogP contribution in [0.5, 0.6) is 0 Å². The van der Waals surface area contributed by atoms with E-state index in [1.165, 1.54) is 11.3 Å². The number of carbonyl (C=O) groups excluding carboxylic acids is 1. The molecule has 7 heteroatoms. The predicted octanol–water partition coefficient (Wildman–Crippen LogP) is 3.28. The molecule has 1 aromatic heterocycles. The first-order valence-electron chi connectivity index (χ1n) is 7.44. The van der Waals surface area contributed by atoms with Crippen molar-refractivity contribution in [3.05, 3.63) is 27.1 Å². The highest BCUT2D eigenvalue weighted by atomic mass is 35.5. The number of allylic oxidation sites excluding steroid dienone is 2. The molecule has 0 aliphatic heterocycles. The minimum absolute atomic E-state index is 0.220. The number of nitrogens with zero attached hydrogens (tertiary/aromatic N) is 1. The van der Waals surface area contributed by atoms with Gasteiger partial charge in [-0.25, -0.2) is 0 Å². The molecular weight excluding hydrogens is 336 g/mol. The van der Waals surface area contributed by atoms with E-state index in [1.54, 1.807) is 6.08 Å². The number of halogens is 1. The number of thiophene rings is 1. The molecule has 0 spiro atoms. The molecule has 0 unspecified atom stereocenters. The lowest BCUT2D eigenvalue weighted by atomic mass is 9.82. The van der Waals surface area contributed by atoms with Gasteiger partial charge >= 0.3 is 5.97 Å². The Morgan fingerprint density at radius 2 is 2.17 bits per heavy atom. The standard InChI is InChI=1S/C16H15ClN2O3S/c17-8-4-5-10(16(21)22)11(6-8)14(20)19-15-12(7-18)9-2-1-3-13(9)23-15/h4,10-11H,1-3,5-6H2,(H,19,20)(H,21,22)/t10-,11+/m1/s1. The van der Waals surface area contributed by atoms with E-state index in [-0.39, 0.29) is 18.7 Å². The first-order valence-corrected chi connectivity index (χ1v) is 8.63. The van der Waals surface area contributed by atoms with Crippen LogP contribution < -0.4 is 5.32 Å². The summed E-state index contributed by atoms with van der Waals surface area (Å²) in [5, 5.41) is 22.5. The lowest BCUT2D eigenvalue weighted by Crippen LogP contribution is -2.35. The van der Waals surface area contributed by atoms with Crippen LogP contribution in [0.25, 0.3) is 0 Å². The lowest BCUT2D eigenvalue weighted by molar-refractivity contribution is -0.146. The second kappa shape index (κ2) is 6.34. The number of carboxylic acid groups (broad SMARTS) is 1. The van der Waals surface area contributed by atoms with Crippen molar-refractivity contribution in [2.45, 2.75) is 32.1 Å². The molecule has 0 saturated carbocycles. The molecule has 23 heavy (non-hydrogen) atoms. The molecule has 5 nitrogen and oxygen atoms in total. The monoisotopic (exact) mass is 350 g/mol. The summed E-state index contributed by atoms with van der Waals surface area (Å²) in [6.07, 6.45) is 4.95. The van der Waals surface area contributed by atoms with Crippen LogP contribution in [0.4, 0.5) is 5.00 Å². The average Bonchev–Trinajstić information content (AvgIpc) is 3.07. The maximum Gasteiger partial charge on any atom is 0.307 e. The van der Waals surface area contributed by atoms with Crippen LogP contribution in [-0.2, 0) is 22.4 Å². The number of aryl methyl sites for hydroxylation is 1. The van der Waals surface area contributed by atoms with Crippen molar-refractivity contribution >= 4 is 39.8 Å². The van der Waals surface area contributed by atoms with Gasteiger partial charge in [-0.2, -0.15) is 5.26 Å². The first kappa shape index (κ1) is 16.0. The molecule has 3 rings (SSSR count). The fourth-order valence-electron chi connectivity index (χ4n) is 3.22. The van der Waals surface area contributed by atoms with E-state index in [2.05, 4.69) is 11.4 Å². The van der Waals surface area contributed by atoms with Gasteiger partial charge in [0.15, 0.2) is 0 Å². The highest BCUT2D eigenvalue weighted by Crippen LogP contribution is 2.40. The van der Waals surface area contributed by atoms with Crippen LogP contribution in [0.3, 0.4) is 0 Å². The molecular formula is C16H15ClN2O3S. The zero-order chi connectivity index (χ0) is 16.6. The zero-order valence-electron chi connectivity index (χ0n) is 12.3. The van der Waals surface area contributed by atoms with Gasteiger partial charge in [0.05, 0.1) is 17.4 Å². The van der Waals surface area contributed by atoms with Crippen LogP contribution in [0.1, 0.15) is 35.3 Å². The fourth-order valence-corrected chi connectivity index (χ4v) is 4.72. The van der Waals surface area contributed by atoms with Crippen molar-refractivity contribution in [3.8, 4) is 6.07 Å². The molecule has 2 aliphatic carbocycles. The van der Waals surface area contributed by atoms with Gasteiger partial charge in [-0.3, -0.25) is 9.59 Å². The minimum Gasteiger partial charge on any atom is -0.481 e. The predicted molar refractivity (Wildman–Crippen MR) is 87.5 cm³/mol. The Bertz CT molecular complexity index is 747. The number of nitriles is 1. The molecule has 1 heterocycles. The molecule has 2 aliphatic rings. The topological polar surface area (TPSA) is 90.2 Å². The van der Waals surface area contributed by atoms with Crippen LogP contribution in [0, 0.1) is 23.2 Å². The maximum absolute atomic E-state index is 12.6. The van der Waals surface area contributed by atoms with Gasteiger partial charge in [-0.05, 0) is 37.7 Å². The van der Waals surface area contributed by atoms with Gasteiger partial charge < -0.3 is 10.4 Å². The largest absolute Gasteiger partial charge is 0.481 e. The van der Waals surface area contributed by atoms with Crippen LogP contribution in [0.15, 0.2) is 11.1 Å². The Balaban J connectivity index is 1.83. The summed E-state index contributed by atoms with van der Waals surface area (Å²) in [5.74, 6) is -2.87. The molecule has 120 valence electrons. The molecule has 0 bridgehead atoms. The Morgan fingerprint density at radius 1 is 1.39 bits per heavy atom. The summed E-state index contributed by atoms with van der Waals surface area (Å²) >= 11 is 7.41. The Labute approximate surface area is 142 Å². The Kier molecular flexibility index (Phi) is 4.42. The molecule has 0 radical (unpaired) electrons. The number of rotatable bonds is 3. The molecule has 0 saturated heterocycles. The number of anilines is 1. The summed E-state index contributed by atoms with van der Waals surface area (Å²) in [6, 6.07) is 2.17. The summed E-state index contributed by atoms with van der Waals surface area (Å²) in [5.41, 5.74) is 1.56. The number of fused-ring (bicyclic) bond motifs is 1. The third kappa shape index (κ3) is 2.99. The smallest absolute Gasteiger partial charge is 0.307 e. The van der Waals surface area contributed by atoms with Gasteiger partial charge in [-0.15, -0.1) is 11.3 Å². The summed E-state index contributed by atoms with van der Waals surface area (Å²) < 4.78 is 0. The van der Waals surface area contributed by atoms with E-state index in [4.69, 9.17) is 11.6 Å². The number of nitrogens with one attached hydrogen (secondary N) is 1. The number of aliphatic carboxylic acids is 1. The van der Waals surface area contributed by atoms with Crippen LogP contribution in [-0.4, -0.2) is 17.0 Å². The van der Waals surface area contributed by atoms with Crippen molar-refractivity contribution in [2.24, 2.45) is 11.8 Å². The van der Waals surface area contributed by atoms with Crippen molar-refractivity contribution in [3.63, 3.8) is 0 Å². The normalized spacial score (nSPS) is 22.9. The lowest BCUT2D eigenvalue weighted by Gasteiger charge is -2.25. The summed E-state index contributed by atoms with van der Waals surface area (Å²) in [6.45, 7) is 0. The maximum atomic E-state index is 12.6. The number of amides is 1. The van der Waals surface area contributed by atoms with E-state index < -0.39 is 17.8 Å². The third-order valence-corrected chi connectivity index (χ3v) is 5.93. The highest BCUT2D eigenvalue weighted by molar-refractivity contribution is 7.16. The molecule has 1 amide bonds. The SMILES string of the molecule is N#Cc1c(NC(=O)[C@H]2CC(Cl)=CC[C@H]2C(=O)O)sc2c1CCC2. The quantitative estimate of drug-likeness (QED) is 0.875. The van der Waals surface area contributed by atoms with E-state index in [9.17, 15) is 20.0 Å². The second-order valence-electron chi connectivity index (χ2n) is 5.80. The van der Waals surface area contributed by atoms with Crippen molar-refractivity contribution in [1.82, 2.24) is 0 Å². The van der Waals surface area contributed by atoms with Gasteiger partial charge in [0.2, 0.25) is 5.91 Å². The number of hydrogen-bond donors (Lipinski definition) is 2. The van der Waals surface area contributed by atoms with Gasteiger partial charge in [-0.1, -0.05) is 17.7 Å². The molecule has 0 fully saturated rings. The third-order valence-electron chi connectivity index (χ3n) is 4.42. The Morgan fingerprint density at radius 3 is 2.87 bits per heavy atom. The van der Waals surface area contributed by atoms with Crippen molar-refractivity contribution < 1.29 is 14.7 Å². The minimum atomic E-state index is -1.00. The average molecular weight is 351 g/mol. The fraction of sp³-hybridized carbons (Fsp3) is 0.438. The number of hydrogen-bond acceptors (Lipinski definition) is 4. The summed E-state index contributed by atoms with van der Waals surface area (Å²) in [4.78, 5) is 25.1.